The first-order chi connectivity index (χ1) is 11.8. The van der Waals surface area contributed by atoms with Gasteiger partial charge in [-0.3, -0.25) is 4.79 Å². The largest absolute Gasteiger partial charge is 0.455 e. The van der Waals surface area contributed by atoms with Crippen LogP contribution in [-0.2, 0) is 38.1 Å². The topological polar surface area (TPSA) is 104 Å². The molecule has 0 aromatic heterocycles. The molecule has 0 N–H and O–H groups in total. The summed E-state index contributed by atoms with van der Waals surface area (Å²) in [5.41, 5.74) is -0.818. The lowest BCUT2D eigenvalue weighted by Gasteiger charge is -2.29. The fourth-order valence-corrected chi connectivity index (χ4v) is 4.54. The number of rotatable bonds is 1. The van der Waals surface area contributed by atoms with Gasteiger partial charge in [0.25, 0.3) is 0 Å². The first kappa shape index (κ1) is 15.3. The molecule has 5 aliphatic rings. The van der Waals surface area contributed by atoms with E-state index in [1.807, 2.05) is 6.92 Å². The molecule has 0 unspecified atom stereocenters. The molecule has 7 atom stereocenters. The van der Waals surface area contributed by atoms with Crippen LogP contribution in [0.25, 0.3) is 0 Å². The molecule has 4 aliphatic heterocycles. The average molecular weight is 350 g/mol. The monoisotopic (exact) mass is 350 g/mol. The second kappa shape index (κ2) is 4.42. The van der Waals surface area contributed by atoms with Crippen LogP contribution < -0.4 is 0 Å². The summed E-state index contributed by atoms with van der Waals surface area (Å²) in [4.78, 5) is 36.2. The Kier molecular flexibility index (Phi) is 2.71. The van der Waals surface area contributed by atoms with Crippen molar-refractivity contribution in [2.45, 2.75) is 75.3 Å². The molecule has 0 aromatic rings. The number of hydrogen-bond donors (Lipinski definition) is 0. The van der Waals surface area contributed by atoms with Gasteiger partial charge in [-0.2, -0.15) is 0 Å². The summed E-state index contributed by atoms with van der Waals surface area (Å²) in [7, 11) is 0. The van der Waals surface area contributed by atoms with Crippen LogP contribution in [0.3, 0.4) is 0 Å². The van der Waals surface area contributed by atoms with Gasteiger partial charge in [-0.1, -0.05) is 0 Å². The second-order valence-corrected chi connectivity index (χ2v) is 7.52. The third-order valence-corrected chi connectivity index (χ3v) is 6.07. The molecule has 1 aliphatic carbocycles. The van der Waals surface area contributed by atoms with E-state index in [-0.39, 0.29) is 6.10 Å². The zero-order valence-corrected chi connectivity index (χ0v) is 14.1. The lowest BCUT2D eigenvalue weighted by molar-refractivity contribution is -0.165. The molecule has 1 saturated carbocycles. The molecule has 134 valence electrons. The Labute approximate surface area is 143 Å². The maximum atomic E-state index is 12.4. The molecule has 4 heterocycles. The van der Waals surface area contributed by atoms with Gasteiger partial charge in [0.1, 0.15) is 11.7 Å². The van der Waals surface area contributed by atoms with Crippen molar-refractivity contribution in [3.05, 3.63) is 11.1 Å². The van der Waals surface area contributed by atoms with E-state index < -0.39 is 53.5 Å². The van der Waals surface area contributed by atoms with Gasteiger partial charge in [0.15, 0.2) is 23.9 Å². The van der Waals surface area contributed by atoms with Crippen molar-refractivity contribution in [3.8, 4) is 0 Å². The fourth-order valence-electron chi connectivity index (χ4n) is 4.54. The minimum absolute atomic E-state index is 0.207. The van der Waals surface area contributed by atoms with Gasteiger partial charge in [-0.05, 0) is 26.7 Å². The molecule has 3 saturated heterocycles. The quantitative estimate of drug-likeness (QED) is 0.375. The molecule has 4 fully saturated rings. The van der Waals surface area contributed by atoms with E-state index in [2.05, 4.69) is 0 Å². The van der Waals surface area contributed by atoms with E-state index in [0.29, 0.717) is 24.0 Å². The van der Waals surface area contributed by atoms with Crippen LogP contribution in [0.1, 0.15) is 33.6 Å². The summed E-state index contributed by atoms with van der Waals surface area (Å²) in [6.45, 7) is 4.76. The van der Waals surface area contributed by atoms with Crippen molar-refractivity contribution >= 4 is 17.9 Å². The maximum absolute atomic E-state index is 12.4. The number of carbonyl (C=O) groups is 3. The normalized spacial score (nSPS) is 49.5. The Balaban J connectivity index is 1.62. The third kappa shape index (κ3) is 1.81. The minimum atomic E-state index is -0.935. The molecule has 0 aromatic carbocycles. The summed E-state index contributed by atoms with van der Waals surface area (Å²) in [5.74, 6) is -1.40. The Bertz CT molecular complexity index is 756. The highest BCUT2D eigenvalue weighted by molar-refractivity contribution is 5.94. The molecule has 2 bridgehead atoms. The molecular formula is C17H18O8. The van der Waals surface area contributed by atoms with Gasteiger partial charge in [-0.25, -0.2) is 9.59 Å². The highest BCUT2D eigenvalue weighted by atomic mass is 16.7. The van der Waals surface area contributed by atoms with Crippen LogP contribution in [0.15, 0.2) is 11.1 Å². The molecular weight excluding hydrogens is 332 g/mol. The SMILES string of the molecule is CC(=O)O[C@@H]1[C@H]2OC(=O)C(C)=C2[C@H]2OC(=O)[C@@]3(CC[C@@H]4O[C@]41C)O[C@@H]23. The van der Waals surface area contributed by atoms with E-state index in [1.165, 1.54) is 6.92 Å². The van der Waals surface area contributed by atoms with Crippen molar-refractivity contribution in [3.63, 3.8) is 0 Å². The Morgan fingerprint density at radius 3 is 2.64 bits per heavy atom. The van der Waals surface area contributed by atoms with Crippen LogP contribution in [0, 0.1) is 0 Å². The van der Waals surface area contributed by atoms with Gasteiger partial charge in [-0.15, -0.1) is 0 Å². The van der Waals surface area contributed by atoms with Crippen molar-refractivity contribution < 1.29 is 38.1 Å². The highest BCUT2D eigenvalue weighted by Gasteiger charge is 2.77. The zero-order chi connectivity index (χ0) is 17.7. The molecule has 25 heavy (non-hydrogen) atoms. The molecule has 0 amide bonds. The summed E-state index contributed by atoms with van der Waals surface area (Å²) < 4.78 is 28.1. The minimum Gasteiger partial charge on any atom is -0.455 e. The number of fused-ring (bicyclic) bond motifs is 3. The molecule has 5 rings (SSSR count). The molecule has 0 spiro atoms. The van der Waals surface area contributed by atoms with Crippen molar-refractivity contribution in [1.82, 2.24) is 0 Å². The second-order valence-electron chi connectivity index (χ2n) is 7.52. The number of ether oxygens (including phenoxy) is 5. The highest BCUT2D eigenvalue weighted by Crippen LogP contribution is 2.58. The fraction of sp³-hybridized carbons (Fsp3) is 0.706. The van der Waals surface area contributed by atoms with Crippen molar-refractivity contribution in [2.75, 3.05) is 0 Å². The van der Waals surface area contributed by atoms with Crippen molar-refractivity contribution in [2.24, 2.45) is 0 Å². The van der Waals surface area contributed by atoms with Crippen LogP contribution in [0.2, 0.25) is 0 Å². The zero-order valence-electron chi connectivity index (χ0n) is 14.1. The Morgan fingerprint density at radius 2 is 1.96 bits per heavy atom. The molecule has 8 nitrogen and oxygen atoms in total. The van der Waals surface area contributed by atoms with Gasteiger partial charge < -0.3 is 23.7 Å². The van der Waals surface area contributed by atoms with E-state index in [1.54, 1.807) is 6.92 Å². The number of epoxide rings is 2. The van der Waals surface area contributed by atoms with E-state index in [9.17, 15) is 14.4 Å². The first-order valence-electron chi connectivity index (χ1n) is 8.43. The van der Waals surface area contributed by atoms with Gasteiger partial charge >= 0.3 is 17.9 Å². The lowest BCUT2D eigenvalue weighted by Crippen LogP contribution is -2.47. The number of carbonyl (C=O) groups excluding carboxylic acids is 3. The van der Waals surface area contributed by atoms with Crippen LogP contribution >= 0.6 is 0 Å². The van der Waals surface area contributed by atoms with E-state index in [0.717, 1.165) is 0 Å². The maximum Gasteiger partial charge on any atom is 0.342 e. The van der Waals surface area contributed by atoms with Crippen LogP contribution in [-0.4, -0.2) is 59.6 Å². The van der Waals surface area contributed by atoms with E-state index >= 15 is 0 Å². The summed E-state index contributed by atoms with van der Waals surface area (Å²) in [5, 5.41) is 0. The summed E-state index contributed by atoms with van der Waals surface area (Å²) in [6.07, 6.45) is -1.91. The average Bonchev–Trinajstić information content (AvgIpc) is 3.37. The summed E-state index contributed by atoms with van der Waals surface area (Å²) in [6, 6.07) is 0. The number of hydrogen-bond acceptors (Lipinski definition) is 8. The van der Waals surface area contributed by atoms with Gasteiger partial charge in [0, 0.05) is 18.1 Å². The smallest absolute Gasteiger partial charge is 0.342 e. The predicted octanol–water partition coefficient (Wildman–Crippen LogP) is 0.174. The van der Waals surface area contributed by atoms with Crippen LogP contribution in [0.4, 0.5) is 0 Å². The Hall–Kier alpha value is -1.93. The first-order valence-corrected chi connectivity index (χ1v) is 8.43. The molecule has 0 radical (unpaired) electrons. The van der Waals surface area contributed by atoms with Gasteiger partial charge in [0.05, 0.1) is 6.10 Å². The summed E-state index contributed by atoms with van der Waals surface area (Å²) >= 11 is 0. The van der Waals surface area contributed by atoms with Gasteiger partial charge in [0.2, 0.25) is 0 Å². The molecule has 8 heteroatoms. The standard InChI is InChI=1S/C17H18O8/c1-6-9-10(22-14(6)19)12(21-7(2)18)16(3)8(24-16)4-5-17-13(25-17)11(9)23-15(17)20/h8,10-13H,4-5H2,1-3H3/t8-,10-,11+,12+,13-,16+,17-/m0/s1. The number of esters is 3. The predicted molar refractivity (Wildman–Crippen MR) is 78.1 cm³/mol. The van der Waals surface area contributed by atoms with Crippen LogP contribution in [0.5, 0.6) is 0 Å². The Morgan fingerprint density at radius 1 is 1.20 bits per heavy atom. The lowest BCUT2D eigenvalue weighted by atomic mass is 9.83. The van der Waals surface area contributed by atoms with E-state index in [4.69, 9.17) is 23.7 Å². The third-order valence-electron chi connectivity index (χ3n) is 6.07. The van der Waals surface area contributed by atoms with Crippen molar-refractivity contribution in [1.29, 1.82) is 0 Å².